The summed E-state index contributed by atoms with van der Waals surface area (Å²) in [6.07, 6.45) is 1.37. The zero-order chi connectivity index (χ0) is 10.6. The minimum Gasteiger partial charge on any atom is -0.390 e. The van der Waals surface area contributed by atoms with Gasteiger partial charge in [-0.3, -0.25) is 4.68 Å². The monoisotopic (exact) mass is 197 g/mol. The zero-order valence-corrected chi connectivity index (χ0v) is 9.07. The molecule has 14 heavy (non-hydrogen) atoms. The van der Waals surface area contributed by atoms with Gasteiger partial charge in [-0.25, -0.2) is 0 Å². The van der Waals surface area contributed by atoms with E-state index in [1.807, 2.05) is 17.7 Å². The summed E-state index contributed by atoms with van der Waals surface area (Å²) in [5.41, 5.74) is 1.08. The number of aromatic nitrogens is 2. The molecule has 0 fully saturated rings. The fraction of sp³-hybridized carbons (Fsp3) is 0.700. The van der Waals surface area contributed by atoms with Crippen LogP contribution in [0.25, 0.3) is 0 Å². The van der Waals surface area contributed by atoms with Gasteiger partial charge in [-0.15, -0.1) is 0 Å². The van der Waals surface area contributed by atoms with Crippen LogP contribution in [0.2, 0.25) is 0 Å². The second-order valence-corrected chi connectivity index (χ2v) is 3.87. The van der Waals surface area contributed by atoms with E-state index < -0.39 is 0 Å². The largest absolute Gasteiger partial charge is 0.390 e. The molecule has 0 aliphatic rings. The maximum atomic E-state index is 9.67. The van der Waals surface area contributed by atoms with Crippen LogP contribution in [0.4, 0.5) is 0 Å². The average molecular weight is 197 g/mol. The highest BCUT2D eigenvalue weighted by molar-refractivity contribution is 4.96. The predicted molar refractivity (Wildman–Crippen MR) is 56.1 cm³/mol. The first kappa shape index (κ1) is 11.2. The van der Waals surface area contributed by atoms with Gasteiger partial charge >= 0.3 is 0 Å². The van der Waals surface area contributed by atoms with Crippen molar-refractivity contribution in [1.82, 2.24) is 15.1 Å². The maximum Gasteiger partial charge on any atom is 0.0860 e. The minimum absolute atomic E-state index is 0.379. The third kappa shape index (κ3) is 3.47. The van der Waals surface area contributed by atoms with E-state index in [1.165, 1.54) is 0 Å². The first-order chi connectivity index (χ1) is 6.59. The lowest BCUT2D eigenvalue weighted by Gasteiger charge is -2.14. The van der Waals surface area contributed by atoms with Crippen molar-refractivity contribution in [3.63, 3.8) is 0 Å². The lowest BCUT2D eigenvalue weighted by molar-refractivity contribution is 0.143. The van der Waals surface area contributed by atoms with Gasteiger partial charge in [0.1, 0.15) is 0 Å². The highest BCUT2D eigenvalue weighted by atomic mass is 16.3. The van der Waals surface area contributed by atoms with Crippen LogP contribution in [0.5, 0.6) is 0 Å². The van der Waals surface area contributed by atoms with Crippen LogP contribution in [-0.2, 0) is 6.54 Å². The molecule has 80 valence electrons. The van der Waals surface area contributed by atoms with Gasteiger partial charge in [-0.05, 0) is 13.0 Å². The molecule has 0 aromatic carbocycles. The van der Waals surface area contributed by atoms with Crippen molar-refractivity contribution in [2.45, 2.75) is 39.5 Å². The molecule has 0 bridgehead atoms. The molecule has 1 atom stereocenters. The van der Waals surface area contributed by atoms with E-state index in [4.69, 9.17) is 0 Å². The summed E-state index contributed by atoms with van der Waals surface area (Å²) in [5, 5.41) is 17.0. The number of hydrogen-bond donors (Lipinski definition) is 2. The van der Waals surface area contributed by atoms with Gasteiger partial charge in [0.2, 0.25) is 0 Å². The van der Waals surface area contributed by atoms with Crippen LogP contribution in [-0.4, -0.2) is 33.6 Å². The normalized spacial score (nSPS) is 13.5. The minimum atomic E-state index is -0.379. The Kier molecular flexibility index (Phi) is 4.10. The quantitative estimate of drug-likeness (QED) is 0.725. The molecule has 4 heteroatoms. The summed E-state index contributed by atoms with van der Waals surface area (Å²) >= 11 is 0. The number of nitrogens with one attached hydrogen (secondary N) is 1. The molecule has 0 amide bonds. The van der Waals surface area contributed by atoms with E-state index in [0.717, 1.165) is 5.69 Å². The second kappa shape index (κ2) is 5.12. The van der Waals surface area contributed by atoms with Crippen molar-refractivity contribution < 1.29 is 5.11 Å². The third-order valence-corrected chi connectivity index (χ3v) is 2.07. The molecule has 0 aliphatic heterocycles. The Morgan fingerprint density at radius 1 is 1.57 bits per heavy atom. The third-order valence-electron chi connectivity index (χ3n) is 2.07. The average Bonchev–Trinajstić information content (AvgIpc) is 2.49. The number of aryl methyl sites for hydroxylation is 1. The number of nitrogens with zero attached hydrogens (tertiary/aromatic N) is 2. The van der Waals surface area contributed by atoms with Gasteiger partial charge in [-0.2, -0.15) is 5.10 Å². The number of aliphatic hydroxyl groups excluding tert-OH is 1. The van der Waals surface area contributed by atoms with Gasteiger partial charge in [0.25, 0.3) is 0 Å². The zero-order valence-electron chi connectivity index (χ0n) is 9.07. The summed E-state index contributed by atoms with van der Waals surface area (Å²) in [6, 6.07) is 2.34. The van der Waals surface area contributed by atoms with Crippen molar-refractivity contribution in [2.24, 2.45) is 0 Å². The Balaban J connectivity index is 2.34. The maximum absolute atomic E-state index is 9.67. The molecule has 0 radical (unpaired) electrons. The lowest BCUT2D eigenvalue weighted by atomic mass is 10.3. The first-order valence-electron chi connectivity index (χ1n) is 4.99. The van der Waals surface area contributed by atoms with Gasteiger partial charge in [0.15, 0.2) is 0 Å². The molecule has 1 rings (SSSR count). The molecule has 0 saturated carbocycles. The molecular formula is C10H19N3O. The number of hydrogen-bond acceptors (Lipinski definition) is 3. The van der Waals surface area contributed by atoms with Crippen molar-refractivity contribution in [3.05, 3.63) is 18.0 Å². The van der Waals surface area contributed by atoms with Crippen LogP contribution < -0.4 is 5.32 Å². The fourth-order valence-corrected chi connectivity index (χ4v) is 1.23. The topological polar surface area (TPSA) is 50.1 Å². The standard InChI is InChI=1S/C10H19N3O/c1-8(2)11-6-10(14)7-13-9(3)4-5-12-13/h4-5,8,10-11,14H,6-7H2,1-3H3. The van der Waals surface area contributed by atoms with Crippen LogP contribution in [0.1, 0.15) is 19.5 Å². The van der Waals surface area contributed by atoms with E-state index >= 15 is 0 Å². The SMILES string of the molecule is Cc1ccnn1CC(O)CNC(C)C. The Labute approximate surface area is 84.9 Å². The molecule has 0 saturated heterocycles. The summed E-state index contributed by atoms with van der Waals surface area (Å²) < 4.78 is 1.81. The van der Waals surface area contributed by atoms with Crippen LogP contribution in [0.3, 0.4) is 0 Å². The summed E-state index contributed by atoms with van der Waals surface area (Å²) in [6.45, 7) is 7.27. The van der Waals surface area contributed by atoms with Crippen molar-refractivity contribution in [2.75, 3.05) is 6.54 Å². The number of aliphatic hydroxyl groups is 1. The van der Waals surface area contributed by atoms with Crippen LogP contribution >= 0.6 is 0 Å². The Hall–Kier alpha value is -0.870. The van der Waals surface area contributed by atoms with Crippen LogP contribution in [0, 0.1) is 6.92 Å². The Bertz CT molecular complexity index is 270. The molecule has 0 spiro atoms. The molecule has 0 aliphatic carbocycles. The van der Waals surface area contributed by atoms with Gasteiger partial charge in [-0.1, -0.05) is 13.8 Å². The van der Waals surface area contributed by atoms with E-state index in [0.29, 0.717) is 19.1 Å². The van der Waals surface area contributed by atoms with Gasteiger partial charge < -0.3 is 10.4 Å². The molecule has 2 N–H and O–H groups in total. The summed E-state index contributed by atoms with van der Waals surface area (Å²) in [5.74, 6) is 0. The molecule has 1 aromatic heterocycles. The van der Waals surface area contributed by atoms with Crippen molar-refractivity contribution in [3.8, 4) is 0 Å². The Morgan fingerprint density at radius 3 is 2.79 bits per heavy atom. The highest BCUT2D eigenvalue weighted by Gasteiger charge is 2.07. The molecular weight excluding hydrogens is 178 g/mol. The lowest BCUT2D eigenvalue weighted by Crippen LogP contribution is -2.34. The predicted octanol–water partition coefficient (Wildman–Crippen LogP) is 0.550. The fourth-order valence-electron chi connectivity index (χ4n) is 1.23. The van der Waals surface area contributed by atoms with E-state index in [1.54, 1.807) is 6.20 Å². The van der Waals surface area contributed by atoms with Gasteiger partial charge in [0, 0.05) is 24.5 Å². The first-order valence-corrected chi connectivity index (χ1v) is 4.99. The Morgan fingerprint density at radius 2 is 2.29 bits per heavy atom. The second-order valence-electron chi connectivity index (χ2n) is 3.87. The van der Waals surface area contributed by atoms with E-state index in [-0.39, 0.29) is 6.10 Å². The summed E-state index contributed by atoms with van der Waals surface area (Å²) in [4.78, 5) is 0. The highest BCUT2D eigenvalue weighted by Crippen LogP contribution is 1.97. The molecule has 1 heterocycles. The van der Waals surface area contributed by atoms with Crippen molar-refractivity contribution in [1.29, 1.82) is 0 Å². The van der Waals surface area contributed by atoms with E-state index in [2.05, 4.69) is 24.3 Å². The van der Waals surface area contributed by atoms with Gasteiger partial charge in [0.05, 0.1) is 12.6 Å². The smallest absolute Gasteiger partial charge is 0.0860 e. The van der Waals surface area contributed by atoms with Crippen LogP contribution in [0.15, 0.2) is 12.3 Å². The molecule has 1 aromatic rings. The number of rotatable bonds is 5. The van der Waals surface area contributed by atoms with E-state index in [9.17, 15) is 5.11 Å². The molecule has 1 unspecified atom stereocenters. The summed E-state index contributed by atoms with van der Waals surface area (Å²) in [7, 11) is 0. The molecule has 4 nitrogen and oxygen atoms in total. The van der Waals surface area contributed by atoms with Crippen molar-refractivity contribution >= 4 is 0 Å².